The molecular formula is C17H23N3O. The Morgan fingerprint density at radius 3 is 2.71 bits per heavy atom. The van der Waals surface area contributed by atoms with E-state index in [2.05, 4.69) is 41.5 Å². The summed E-state index contributed by atoms with van der Waals surface area (Å²) in [6.45, 7) is 4.43. The van der Waals surface area contributed by atoms with Gasteiger partial charge in [-0.15, -0.1) is 10.2 Å². The molecule has 1 aliphatic rings. The maximum Gasteiger partial charge on any atom is 0.247 e. The van der Waals surface area contributed by atoms with Gasteiger partial charge in [-0.3, -0.25) is 0 Å². The number of aryl methyl sites for hydroxylation is 1. The average Bonchev–Trinajstić information content (AvgIpc) is 3.04. The summed E-state index contributed by atoms with van der Waals surface area (Å²) in [4.78, 5) is 0. The number of aromatic nitrogens is 2. The second-order valence-corrected chi connectivity index (χ2v) is 6.10. The number of nitrogens with zero attached hydrogens (tertiary/aromatic N) is 2. The number of hydrogen-bond donors (Lipinski definition) is 1. The molecule has 1 aromatic heterocycles. The van der Waals surface area contributed by atoms with E-state index in [0.717, 1.165) is 11.5 Å². The third-order valence-electron chi connectivity index (χ3n) is 4.57. The predicted octanol–water partition coefficient (Wildman–Crippen LogP) is 4.43. The van der Waals surface area contributed by atoms with Crippen molar-refractivity contribution in [1.29, 1.82) is 0 Å². The zero-order valence-electron chi connectivity index (χ0n) is 12.8. The van der Waals surface area contributed by atoms with Gasteiger partial charge in [0, 0.05) is 17.3 Å². The molecule has 2 aromatic rings. The van der Waals surface area contributed by atoms with Gasteiger partial charge in [-0.2, -0.15) is 0 Å². The highest BCUT2D eigenvalue weighted by Gasteiger charge is 2.20. The van der Waals surface area contributed by atoms with Crippen molar-refractivity contribution in [3.05, 3.63) is 30.2 Å². The van der Waals surface area contributed by atoms with Crippen LogP contribution in [0.1, 0.15) is 44.6 Å². The molecule has 1 aromatic carbocycles. The molecule has 3 rings (SSSR count). The molecule has 0 bridgehead atoms. The number of rotatable bonds is 4. The molecule has 1 heterocycles. The normalized spacial score (nSPS) is 17.6. The van der Waals surface area contributed by atoms with Crippen molar-refractivity contribution < 1.29 is 4.42 Å². The summed E-state index contributed by atoms with van der Waals surface area (Å²) >= 11 is 0. The van der Waals surface area contributed by atoms with Crippen LogP contribution in [0.4, 0.5) is 5.69 Å². The van der Waals surface area contributed by atoms with E-state index in [1.165, 1.54) is 49.7 Å². The monoisotopic (exact) mass is 285 g/mol. The first-order chi connectivity index (χ1) is 10.2. The zero-order chi connectivity index (χ0) is 14.7. The topological polar surface area (TPSA) is 51.0 Å². The van der Waals surface area contributed by atoms with Gasteiger partial charge in [0.15, 0.2) is 0 Å². The van der Waals surface area contributed by atoms with Crippen molar-refractivity contribution in [3.8, 4) is 11.5 Å². The van der Waals surface area contributed by atoms with Crippen molar-refractivity contribution in [2.24, 2.45) is 5.92 Å². The third-order valence-corrected chi connectivity index (χ3v) is 4.57. The van der Waals surface area contributed by atoms with Crippen LogP contribution in [0.3, 0.4) is 0 Å². The molecule has 1 unspecified atom stereocenters. The van der Waals surface area contributed by atoms with Crippen LogP contribution in [0.2, 0.25) is 0 Å². The summed E-state index contributed by atoms with van der Waals surface area (Å²) in [6, 6.07) is 6.78. The van der Waals surface area contributed by atoms with E-state index in [1.54, 1.807) is 0 Å². The van der Waals surface area contributed by atoms with Crippen LogP contribution in [-0.4, -0.2) is 16.2 Å². The van der Waals surface area contributed by atoms with Gasteiger partial charge in [0.25, 0.3) is 0 Å². The predicted molar refractivity (Wildman–Crippen MR) is 84.1 cm³/mol. The quantitative estimate of drug-likeness (QED) is 0.903. The van der Waals surface area contributed by atoms with Crippen molar-refractivity contribution in [2.45, 2.75) is 52.0 Å². The highest BCUT2D eigenvalue weighted by atomic mass is 16.4. The Hall–Kier alpha value is -1.84. The van der Waals surface area contributed by atoms with Crippen LogP contribution >= 0.6 is 0 Å². The van der Waals surface area contributed by atoms with E-state index in [9.17, 15) is 0 Å². The minimum Gasteiger partial charge on any atom is -0.423 e. The SMILES string of the molecule is Cc1cc(-c2nnco2)ccc1NC(C)C1CCCCC1. The zero-order valence-corrected chi connectivity index (χ0v) is 12.8. The van der Waals surface area contributed by atoms with Crippen molar-refractivity contribution in [3.63, 3.8) is 0 Å². The van der Waals surface area contributed by atoms with Crippen molar-refractivity contribution in [2.75, 3.05) is 5.32 Å². The summed E-state index contributed by atoms with van der Waals surface area (Å²) in [5.74, 6) is 1.37. The first-order valence-corrected chi connectivity index (χ1v) is 7.88. The van der Waals surface area contributed by atoms with Crippen LogP contribution < -0.4 is 5.32 Å². The Balaban J connectivity index is 1.71. The fourth-order valence-corrected chi connectivity index (χ4v) is 3.25. The van der Waals surface area contributed by atoms with Gasteiger partial charge < -0.3 is 9.73 Å². The van der Waals surface area contributed by atoms with Gasteiger partial charge in [0.1, 0.15) is 0 Å². The number of nitrogens with one attached hydrogen (secondary N) is 1. The molecule has 4 nitrogen and oxygen atoms in total. The summed E-state index contributed by atoms with van der Waals surface area (Å²) in [6.07, 6.45) is 8.24. The first kappa shape index (κ1) is 14.1. The van der Waals surface area contributed by atoms with E-state index >= 15 is 0 Å². The standard InChI is InChI=1S/C17H23N3O/c1-12-10-15(17-20-18-11-21-17)8-9-16(12)19-13(2)14-6-4-3-5-7-14/h8-11,13-14,19H,3-7H2,1-2H3. The Labute approximate surface area is 126 Å². The highest BCUT2D eigenvalue weighted by Crippen LogP contribution is 2.29. The lowest BCUT2D eigenvalue weighted by molar-refractivity contribution is 0.328. The first-order valence-electron chi connectivity index (χ1n) is 7.88. The van der Waals surface area contributed by atoms with Crippen LogP contribution in [0.25, 0.3) is 11.5 Å². The van der Waals surface area contributed by atoms with Crippen LogP contribution in [0.15, 0.2) is 29.0 Å². The Kier molecular flexibility index (Phi) is 4.23. The van der Waals surface area contributed by atoms with Gasteiger partial charge in [-0.25, -0.2) is 0 Å². The second kappa shape index (κ2) is 6.29. The smallest absolute Gasteiger partial charge is 0.247 e. The summed E-state index contributed by atoms with van der Waals surface area (Å²) in [5, 5.41) is 11.4. The third kappa shape index (κ3) is 3.26. The maximum atomic E-state index is 5.25. The molecule has 1 aliphatic carbocycles. The molecule has 0 aliphatic heterocycles. The summed E-state index contributed by atoms with van der Waals surface area (Å²) < 4.78 is 5.25. The molecule has 21 heavy (non-hydrogen) atoms. The van der Waals surface area contributed by atoms with E-state index in [1.807, 2.05) is 6.07 Å². The Morgan fingerprint density at radius 1 is 1.24 bits per heavy atom. The van der Waals surface area contributed by atoms with Gasteiger partial charge in [0.05, 0.1) is 0 Å². The molecule has 1 atom stereocenters. The Bertz CT molecular complexity index is 574. The molecule has 1 saturated carbocycles. The second-order valence-electron chi connectivity index (χ2n) is 6.10. The van der Waals surface area contributed by atoms with Crippen molar-refractivity contribution in [1.82, 2.24) is 10.2 Å². The van der Waals surface area contributed by atoms with Crippen LogP contribution in [0.5, 0.6) is 0 Å². The van der Waals surface area contributed by atoms with Crippen molar-refractivity contribution >= 4 is 5.69 Å². The van der Waals surface area contributed by atoms with Crippen LogP contribution in [0, 0.1) is 12.8 Å². The van der Waals surface area contributed by atoms with Gasteiger partial charge in [0.2, 0.25) is 12.3 Å². The van der Waals surface area contributed by atoms with E-state index in [-0.39, 0.29) is 0 Å². The largest absolute Gasteiger partial charge is 0.423 e. The molecular weight excluding hydrogens is 262 g/mol. The maximum absolute atomic E-state index is 5.25. The molecule has 0 amide bonds. The molecule has 0 radical (unpaired) electrons. The average molecular weight is 285 g/mol. The van der Waals surface area contributed by atoms with E-state index < -0.39 is 0 Å². The fraction of sp³-hybridized carbons (Fsp3) is 0.529. The minimum atomic E-state index is 0.526. The molecule has 0 saturated heterocycles. The Morgan fingerprint density at radius 2 is 2.05 bits per heavy atom. The lowest BCUT2D eigenvalue weighted by Gasteiger charge is -2.29. The van der Waals surface area contributed by atoms with E-state index in [0.29, 0.717) is 11.9 Å². The molecule has 1 N–H and O–H groups in total. The summed E-state index contributed by atoms with van der Waals surface area (Å²) in [5.41, 5.74) is 3.39. The number of benzene rings is 1. The van der Waals surface area contributed by atoms with Gasteiger partial charge in [-0.05, 0) is 56.4 Å². The molecule has 4 heteroatoms. The lowest BCUT2D eigenvalue weighted by Crippen LogP contribution is -2.27. The van der Waals surface area contributed by atoms with Gasteiger partial charge in [-0.1, -0.05) is 19.3 Å². The molecule has 112 valence electrons. The minimum absolute atomic E-state index is 0.526. The fourth-order valence-electron chi connectivity index (χ4n) is 3.25. The van der Waals surface area contributed by atoms with E-state index in [4.69, 9.17) is 4.42 Å². The highest BCUT2D eigenvalue weighted by molar-refractivity contribution is 5.62. The molecule has 0 spiro atoms. The summed E-state index contributed by atoms with van der Waals surface area (Å²) in [7, 11) is 0. The molecule has 1 fully saturated rings. The van der Waals surface area contributed by atoms with Crippen LogP contribution in [-0.2, 0) is 0 Å². The lowest BCUT2D eigenvalue weighted by atomic mass is 9.84. The van der Waals surface area contributed by atoms with Gasteiger partial charge >= 0.3 is 0 Å². The number of anilines is 1. The number of hydrogen-bond acceptors (Lipinski definition) is 4.